The Kier molecular flexibility index (Phi) is 7.61. The van der Waals surface area contributed by atoms with Crippen LogP contribution in [0.15, 0.2) is 42.6 Å². The molecular weight excluding hydrogens is 520 g/mol. The Morgan fingerprint density at radius 3 is 2.85 bits per heavy atom. The number of benzene rings is 2. The first kappa shape index (κ1) is 26.3. The Bertz CT molecular complexity index is 1480. The number of hydrogen-bond donors (Lipinski definition) is 2. The zero-order chi connectivity index (χ0) is 26.9. The van der Waals surface area contributed by atoms with E-state index in [9.17, 15) is 9.18 Å². The lowest BCUT2D eigenvalue weighted by molar-refractivity contribution is 0.0950. The van der Waals surface area contributed by atoms with Crippen LogP contribution in [0.25, 0.3) is 26.4 Å². The zero-order valence-corrected chi connectivity index (χ0v) is 22.8. The number of thiazole rings is 1. The first-order chi connectivity index (χ1) is 19.0. The highest BCUT2D eigenvalue weighted by Gasteiger charge is 2.26. The summed E-state index contributed by atoms with van der Waals surface area (Å²) in [6.07, 6.45) is 4.20. The molecular formula is C29H33F2N5O2S. The molecule has 1 amide bonds. The van der Waals surface area contributed by atoms with E-state index < -0.39 is 6.17 Å². The van der Waals surface area contributed by atoms with Crippen LogP contribution in [0, 0.1) is 5.82 Å². The predicted octanol–water partition coefficient (Wildman–Crippen LogP) is 4.96. The van der Waals surface area contributed by atoms with Gasteiger partial charge in [-0.15, -0.1) is 0 Å². The lowest BCUT2D eigenvalue weighted by Crippen LogP contribution is -2.36. The first-order valence-corrected chi connectivity index (χ1v) is 14.4. The van der Waals surface area contributed by atoms with Gasteiger partial charge in [-0.25, -0.2) is 13.8 Å². The summed E-state index contributed by atoms with van der Waals surface area (Å²) in [4.78, 5) is 20.4. The van der Waals surface area contributed by atoms with Gasteiger partial charge >= 0.3 is 0 Å². The van der Waals surface area contributed by atoms with E-state index in [1.165, 1.54) is 11.3 Å². The average molecular weight is 554 g/mol. The van der Waals surface area contributed by atoms with Gasteiger partial charge in [0.15, 0.2) is 4.96 Å². The Morgan fingerprint density at radius 1 is 1.23 bits per heavy atom. The topological polar surface area (TPSA) is 70.9 Å². The number of nitrogens with one attached hydrogen (secondary N) is 2. The maximum Gasteiger partial charge on any atom is 0.251 e. The summed E-state index contributed by atoms with van der Waals surface area (Å²) in [7, 11) is 1.70. The highest BCUT2D eigenvalue weighted by molar-refractivity contribution is 7.23. The number of ether oxygens (including phenoxy) is 1. The first-order valence-electron chi connectivity index (χ1n) is 13.6. The molecule has 39 heavy (non-hydrogen) atoms. The number of halogens is 2. The van der Waals surface area contributed by atoms with Crippen LogP contribution in [-0.4, -0.2) is 72.3 Å². The molecule has 4 heterocycles. The van der Waals surface area contributed by atoms with E-state index >= 15 is 4.39 Å². The molecule has 0 unspecified atom stereocenters. The summed E-state index contributed by atoms with van der Waals surface area (Å²) < 4.78 is 36.7. The summed E-state index contributed by atoms with van der Waals surface area (Å²) in [6, 6.07) is 11.0. The number of likely N-dealkylation sites (tertiary alicyclic amines) is 1. The van der Waals surface area contributed by atoms with Crippen molar-refractivity contribution in [3.05, 3.63) is 59.5 Å². The standard InChI is InChI=1S/C29H33F2N5O2S/c1-38-21-15-24(33-16-21)18-3-5-22(23(31)13-18)25-17-36-26-6-4-19(14-27(26)39-29(36)34-25)28(37)32-9-2-10-35-11-7-20(30)8-12-35/h3-6,13-14,17,20-21,24,33H,2,7-12,15-16H2,1H3,(H,32,37)/t21-,24-/m1/s1. The van der Waals surface area contributed by atoms with Crippen molar-refractivity contribution in [2.75, 3.05) is 39.8 Å². The van der Waals surface area contributed by atoms with E-state index in [0.717, 1.165) is 59.8 Å². The van der Waals surface area contributed by atoms with Crippen molar-refractivity contribution in [3.8, 4) is 11.3 Å². The highest BCUT2D eigenvalue weighted by Crippen LogP contribution is 2.33. The lowest BCUT2D eigenvalue weighted by atomic mass is 10.0. The third-order valence-corrected chi connectivity index (χ3v) is 8.92. The molecule has 6 rings (SSSR count). The second-order valence-corrected chi connectivity index (χ2v) is 11.5. The van der Waals surface area contributed by atoms with Crippen LogP contribution in [0.4, 0.5) is 8.78 Å². The van der Waals surface area contributed by atoms with Crippen molar-refractivity contribution in [1.29, 1.82) is 0 Å². The number of amides is 1. The second-order valence-electron chi connectivity index (χ2n) is 10.5. The largest absolute Gasteiger partial charge is 0.380 e. The summed E-state index contributed by atoms with van der Waals surface area (Å²) in [6.45, 7) is 3.79. The van der Waals surface area contributed by atoms with E-state index in [2.05, 4.69) is 15.5 Å². The fraction of sp³-hybridized carbons (Fsp3) is 0.448. The van der Waals surface area contributed by atoms with Gasteiger partial charge in [-0.05, 0) is 68.1 Å². The minimum Gasteiger partial charge on any atom is -0.380 e. The van der Waals surface area contributed by atoms with Crippen LogP contribution in [0.2, 0.25) is 0 Å². The maximum atomic E-state index is 15.1. The van der Waals surface area contributed by atoms with Crippen LogP contribution < -0.4 is 10.6 Å². The fourth-order valence-electron chi connectivity index (χ4n) is 5.60. The number of fused-ring (bicyclic) bond motifs is 3. The van der Waals surface area contributed by atoms with Gasteiger partial charge in [-0.1, -0.05) is 17.4 Å². The molecule has 2 aliphatic rings. The molecule has 2 aromatic carbocycles. The van der Waals surface area contributed by atoms with Crippen molar-refractivity contribution in [2.45, 2.75) is 44.0 Å². The molecule has 0 radical (unpaired) electrons. The normalized spacial score (nSPS) is 20.8. The number of methoxy groups -OCH3 is 1. The van der Waals surface area contributed by atoms with Crippen molar-refractivity contribution in [2.24, 2.45) is 0 Å². The van der Waals surface area contributed by atoms with Crippen molar-refractivity contribution in [3.63, 3.8) is 0 Å². The van der Waals surface area contributed by atoms with Crippen LogP contribution in [0.5, 0.6) is 0 Å². The van der Waals surface area contributed by atoms with Gasteiger partial charge in [0.1, 0.15) is 12.0 Å². The predicted molar refractivity (Wildman–Crippen MR) is 150 cm³/mol. The van der Waals surface area contributed by atoms with Crippen LogP contribution in [0.3, 0.4) is 0 Å². The molecule has 2 aromatic heterocycles. The minimum atomic E-state index is -0.667. The number of carbonyl (C=O) groups excluding carboxylic acids is 1. The highest BCUT2D eigenvalue weighted by atomic mass is 32.1. The van der Waals surface area contributed by atoms with Crippen LogP contribution >= 0.6 is 11.3 Å². The van der Waals surface area contributed by atoms with Crippen molar-refractivity contribution >= 4 is 32.4 Å². The number of nitrogens with zero attached hydrogens (tertiary/aromatic N) is 3. The number of hydrogen-bond acceptors (Lipinski definition) is 6. The van der Waals surface area contributed by atoms with E-state index in [-0.39, 0.29) is 23.9 Å². The van der Waals surface area contributed by atoms with E-state index in [4.69, 9.17) is 9.72 Å². The summed E-state index contributed by atoms with van der Waals surface area (Å²) in [5.74, 6) is -0.405. The van der Waals surface area contributed by atoms with Crippen molar-refractivity contribution in [1.82, 2.24) is 24.9 Å². The lowest BCUT2D eigenvalue weighted by Gasteiger charge is -2.28. The van der Waals surface area contributed by atoms with Gasteiger partial charge < -0.3 is 20.3 Å². The van der Waals surface area contributed by atoms with E-state index in [1.54, 1.807) is 19.2 Å². The fourth-order valence-corrected chi connectivity index (χ4v) is 6.64. The number of aromatic nitrogens is 2. The number of piperidine rings is 1. The van der Waals surface area contributed by atoms with Gasteiger partial charge in [0.25, 0.3) is 5.91 Å². The third kappa shape index (κ3) is 5.56. The number of alkyl halides is 1. The molecule has 2 fully saturated rings. The maximum absolute atomic E-state index is 15.1. The summed E-state index contributed by atoms with van der Waals surface area (Å²) in [5, 5.41) is 6.38. The van der Waals surface area contributed by atoms with Crippen LogP contribution in [-0.2, 0) is 4.74 Å². The average Bonchev–Trinajstić information content (AvgIpc) is 3.66. The van der Waals surface area contributed by atoms with Gasteiger partial charge in [-0.3, -0.25) is 9.20 Å². The van der Waals surface area contributed by atoms with E-state index in [1.807, 2.05) is 34.9 Å². The van der Waals surface area contributed by atoms with Gasteiger partial charge in [-0.2, -0.15) is 0 Å². The Morgan fingerprint density at radius 2 is 2.08 bits per heavy atom. The molecule has 10 heteroatoms. The molecule has 0 saturated carbocycles. The van der Waals surface area contributed by atoms with Crippen molar-refractivity contribution < 1.29 is 18.3 Å². The van der Waals surface area contributed by atoms with Crippen LogP contribution in [0.1, 0.15) is 47.6 Å². The molecule has 0 bridgehead atoms. The molecule has 2 saturated heterocycles. The summed E-state index contributed by atoms with van der Waals surface area (Å²) in [5.41, 5.74) is 3.49. The number of carbonyl (C=O) groups is 1. The van der Waals surface area contributed by atoms with Gasteiger partial charge in [0, 0.05) is 56.7 Å². The molecule has 7 nitrogen and oxygen atoms in total. The molecule has 4 aromatic rings. The van der Waals surface area contributed by atoms with E-state index in [0.29, 0.717) is 36.2 Å². The quantitative estimate of drug-likeness (QED) is 0.302. The Hall–Kier alpha value is -2.92. The Balaban J connectivity index is 1.11. The monoisotopic (exact) mass is 553 g/mol. The number of rotatable bonds is 8. The molecule has 2 atom stereocenters. The Labute approximate surface area is 230 Å². The minimum absolute atomic E-state index is 0.0829. The number of imidazole rings is 1. The van der Waals surface area contributed by atoms with Gasteiger partial charge in [0.05, 0.1) is 22.0 Å². The van der Waals surface area contributed by atoms with Gasteiger partial charge in [0.2, 0.25) is 0 Å². The zero-order valence-electron chi connectivity index (χ0n) is 22.0. The molecule has 0 spiro atoms. The molecule has 2 N–H and O–H groups in total. The third-order valence-electron chi connectivity index (χ3n) is 7.91. The smallest absolute Gasteiger partial charge is 0.251 e. The SMILES string of the molecule is CO[C@H]1CN[C@@H](c2ccc(-c3cn4c(n3)sc3cc(C(=O)NCCCN5CCC(F)CC5)ccc34)c(F)c2)C1. The molecule has 206 valence electrons. The summed E-state index contributed by atoms with van der Waals surface area (Å²) >= 11 is 1.48. The second kappa shape index (κ2) is 11.3. The molecule has 0 aliphatic carbocycles. The molecule has 2 aliphatic heterocycles.